The number of nitrogen functional groups attached to an aromatic ring is 1. The van der Waals surface area contributed by atoms with Crippen molar-refractivity contribution in [3.8, 4) is 0 Å². The second kappa shape index (κ2) is 5.82. The number of nitrogens with zero attached hydrogens (tertiary/aromatic N) is 2. The molecule has 0 aliphatic heterocycles. The number of aromatic nitrogens is 2. The summed E-state index contributed by atoms with van der Waals surface area (Å²) in [6, 6.07) is 2.18. The molecule has 1 unspecified atom stereocenters. The van der Waals surface area contributed by atoms with Gasteiger partial charge in [0.25, 0.3) is 0 Å². The van der Waals surface area contributed by atoms with E-state index in [0.717, 1.165) is 11.6 Å². The third-order valence-corrected chi connectivity index (χ3v) is 2.78. The van der Waals surface area contributed by atoms with E-state index in [2.05, 4.69) is 55.3 Å². The molecule has 0 amide bonds. The van der Waals surface area contributed by atoms with Crippen LogP contribution >= 0.6 is 0 Å². The van der Waals surface area contributed by atoms with Crippen LogP contribution < -0.4 is 16.6 Å². The average molecular weight is 237 g/mol. The Morgan fingerprint density at radius 3 is 2.12 bits per heavy atom. The minimum absolute atomic E-state index is 0.276. The van der Waals surface area contributed by atoms with Gasteiger partial charge in [-0.2, -0.15) is 0 Å². The highest BCUT2D eigenvalue weighted by molar-refractivity contribution is 5.47. The van der Waals surface area contributed by atoms with Crippen LogP contribution in [-0.4, -0.2) is 16.0 Å². The zero-order valence-electron chi connectivity index (χ0n) is 11.3. The molecule has 0 bridgehead atoms. The summed E-state index contributed by atoms with van der Waals surface area (Å²) >= 11 is 0. The van der Waals surface area contributed by atoms with Crippen molar-refractivity contribution in [1.82, 2.24) is 9.97 Å². The van der Waals surface area contributed by atoms with Gasteiger partial charge in [0.2, 0.25) is 0 Å². The van der Waals surface area contributed by atoms with Crippen molar-refractivity contribution in [3.63, 3.8) is 0 Å². The molecule has 0 aliphatic rings. The van der Waals surface area contributed by atoms with E-state index < -0.39 is 0 Å². The zero-order valence-corrected chi connectivity index (χ0v) is 11.3. The minimum Gasteiger partial charge on any atom is -0.367 e. The summed E-state index contributed by atoms with van der Waals surface area (Å²) in [5.41, 5.74) is 2.57. The van der Waals surface area contributed by atoms with Crippen LogP contribution in [0.2, 0.25) is 0 Å². The van der Waals surface area contributed by atoms with Gasteiger partial charge in [-0.15, -0.1) is 0 Å². The Labute approximate surface area is 103 Å². The van der Waals surface area contributed by atoms with E-state index in [9.17, 15) is 0 Å². The topological polar surface area (TPSA) is 75.9 Å². The fourth-order valence-corrected chi connectivity index (χ4v) is 1.27. The van der Waals surface area contributed by atoms with Gasteiger partial charge in [0.05, 0.1) is 0 Å². The first kappa shape index (κ1) is 13.7. The van der Waals surface area contributed by atoms with Gasteiger partial charge in [-0.1, -0.05) is 27.7 Å². The number of nitrogens with one attached hydrogen (secondary N) is 2. The lowest BCUT2D eigenvalue weighted by molar-refractivity contribution is 0.557. The molecule has 5 nitrogen and oxygen atoms in total. The maximum atomic E-state index is 5.41. The molecule has 1 aromatic rings. The van der Waals surface area contributed by atoms with E-state index in [0.29, 0.717) is 17.8 Å². The Hall–Kier alpha value is -1.36. The molecule has 0 spiro atoms. The number of hydrazine groups is 1. The average Bonchev–Trinajstić information content (AvgIpc) is 2.28. The van der Waals surface area contributed by atoms with Gasteiger partial charge >= 0.3 is 0 Å². The van der Waals surface area contributed by atoms with Crippen molar-refractivity contribution in [2.24, 2.45) is 11.8 Å². The van der Waals surface area contributed by atoms with Gasteiger partial charge in [-0.3, -0.25) is 0 Å². The standard InChI is InChI=1S/C12H23N5/c1-7(2)9(5)14-10-6-11(17-13)16-12(15-10)8(3)4/h6-9H,13H2,1-5H3,(H2,14,15,16,17). The lowest BCUT2D eigenvalue weighted by atomic mass is 10.1. The van der Waals surface area contributed by atoms with Gasteiger partial charge in [-0.25, -0.2) is 15.8 Å². The SMILES string of the molecule is CC(C)c1nc(NN)cc(NC(C)C(C)C)n1. The van der Waals surface area contributed by atoms with Gasteiger partial charge in [-0.05, 0) is 12.8 Å². The molecule has 0 fully saturated rings. The minimum atomic E-state index is 0.276. The summed E-state index contributed by atoms with van der Waals surface area (Å²) in [5.74, 6) is 8.48. The van der Waals surface area contributed by atoms with Crippen LogP contribution in [0.4, 0.5) is 11.6 Å². The largest absolute Gasteiger partial charge is 0.367 e. The van der Waals surface area contributed by atoms with Crippen LogP contribution in [-0.2, 0) is 0 Å². The fourth-order valence-electron chi connectivity index (χ4n) is 1.27. The molecule has 1 heterocycles. The summed E-state index contributed by atoms with van der Waals surface area (Å²) in [7, 11) is 0. The van der Waals surface area contributed by atoms with Gasteiger partial charge in [0, 0.05) is 18.0 Å². The summed E-state index contributed by atoms with van der Waals surface area (Å²) in [6.45, 7) is 10.6. The van der Waals surface area contributed by atoms with Crippen LogP contribution in [0.1, 0.15) is 46.4 Å². The van der Waals surface area contributed by atoms with Crippen molar-refractivity contribution in [3.05, 3.63) is 11.9 Å². The second-order valence-electron chi connectivity index (χ2n) is 4.97. The molecule has 5 heteroatoms. The van der Waals surface area contributed by atoms with Crippen molar-refractivity contribution in [1.29, 1.82) is 0 Å². The smallest absolute Gasteiger partial charge is 0.145 e. The molecule has 96 valence electrons. The van der Waals surface area contributed by atoms with Crippen LogP contribution in [0.25, 0.3) is 0 Å². The Kier molecular flexibility index (Phi) is 4.69. The van der Waals surface area contributed by atoms with E-state index in [1.54, 1.807) is 0 Å². The molecule has 0 radical (unpaired) electrons. The predicted molar refractivity (Wildman–Crippen MR) is 71.9 cm³/mol. The normalized spacial score (nSPS) is 12.9. The number of hydrogen-bond acceptors (Lipinski definition) is 5. The third kappa shape index (κ3) is 3.85. The van der Waals surface area contributed by atoms with Gasteiger partial charge in [0.1, 0.15) is 17.5 Å². The van der Waals surface area contributed by atoms with E-state index in [1.165, 1.54) is 0 Å². The van der Waals surface area contributed by atoms with Crippen molar-refractivity contribution in [2.75, 3.05) is 10.7 Å². The predicted octanol–water partition coefficient (Wildman–Crippen LogP) is 2.34. The fraction of sp³-hybridized carbons (Fsp3) is 0.667. The molecular formula is C12H23N5. The lowest BCUT2D eigenvalue weighted by Crippen LogP contribution is -2.23. The summed E-state index contributed by atoms with van der Waals surface area (Å²) in [4.78, 5) is 8.80. The highest BCUT2D eigenvalue weighted by atomic mass is 15.3. The van der Waals surface area contributed by atoms with Crippen LogP contribution in [0.3, 0.4) is 0 Å². The highest BCUT2D eigenvalue weighted by Gasteiger charge is 2.11. The Balaban J connectivity index is 2.94. The van der Waals surface area contributed by atoms with Crippen LogP contribution in [0.15, 0.2) is 6.07 Å². The van der Waals surface area contributed by atoms with Crippen LogP contribution in [0.5, 0.6) is 0 Å². The third-order valence-electron chi connectivity index (χ3n) is 2.78. The molecular weight excluding hydrogens is 214 g/mol. The zero-order chi connectivity index (χ0) is 13.0. The number of hydrogen-bond donors (Lipinski definition) is 3. The van der Waals surface area contributed by atoms with Crippen molar-refractivity contribution < 1.29 is 0 Å². The van der Waals surface area contributed by atoms with E-state index >= 15 is 0 Å². The molecule has 1 aromatic heterocycles. The Morgan fingerprint density at radius 1 is 1.06 bits per heavy atom. The monoisotopic (exact) mass is 237 g/mol. The summed E-state index contributed by atoms with van der Waals surface area (Å²) in [5, 5.41) is 3.36. The van der Waals surface area contributed by atoms with Crippen molar-refractivity contribution >= 4 is 11.6 Å². The maximum Gasteiger partial charge on any atom is 0.145 e. The molecule has 0 aliphatic carbocycles. The molecule has 0 aromatic carbocycles. The molecule has 4 N–H and O–H groups in total. The summed E-state index contributed by atoms with van der Waals surface area (Å²) < 4.78 is 0. The first-order chi connectivity index (χ1) is 7.93. The van der Waals surface area contributed by atoms with E-state index in [-0.39, 0.29) is 5.92 Å². The molecule has 17 heavy (non-hydrogen) atoms. The molecule has 1 rings (SSSR count). The van der Waals surface area contributed by atoms with Gasteiger partial charge in [0.15, 0.2) is 0 Å². The molecule has 0 saturated heterocycles. The number of rotatable bonds is 5. The number of nitrogens with two attached hydrogens (primary N) is 1. The van der Waals surface area contributed by atoms with Crippen LogP contribution in [0, 0.1) is 5.92 Å². The highest BCUT2D eigenvalue weighted by Crippen LogP contribution is 2.18. The second-order valence-corrected chi connectivity index (χ2v) is 4.97. The maximum absolute atomic E-state index is 5.41. The molecule has 0 saturated carbocycles. The Bertz CT molecular complexity index is 362. The first-order valence-electron chi connectivity index (χ1n) is 6.06. The molecule has 1 atom stereocenters. The lowest BCUT2D eigenvalue weighted by Gasteiger charge is -2.19. The van der Waals surface area contributed by atoms with E-state index in [1.807, 2.05) is 6.07 Å². The van der Waals surface area contributed by atoms with E-state index in [4.69, 9.17) is 5.84 Å². The van der Waals surface area contributed by atoms with Crippen molar-refractivity contribution in [2.45, 2.75) is 46.6 Å². The van der Waals surface area contributed by atoms with Gasteiger partial charge < -0.3 is 10.7 Å². The quantitative estimate of drug-likeness (QED) is 0.541. The summed E-state index contributed by atoms with van der Waals surface area (Å²) in [6.07, 6.45) is 0. The number of anilines is 2. The first-order valence-corrected chi connectivity index (χ1v) is 6.06. The Morgan fingerprint density at radius 2 is 1.65 bits per heavy atom.